The largest absolute Gasteiger partial charge is 0.480 e. The van der Waals surface area contributed by atoms with Gasteiger partial charge in [0.1, 0.15) is 11.6 Å². The number of hydrogen-bond donors (Lipinski definition) is 3. The predicted molar refractivity (Wildman–Crippen MR) is 80.7 cm³/mol. The maximum absolute atomic E-state index is 11.8. The van der Waals surface area contributed by atoms with Crippen LogP contribution < -0.4 is 16.7 Å². The molecule has 4 N–H and O–H groups in total. The Labute approximate surface area is 125 Å². The molecule has 1 amide bonds. The number of amides is 1. The Kier molecular flexibility index (Phi) is 4.57. The van der Waals surface area contributed by atoms with E-state index in [1.807, 2.05) is 0 Å². The molecule has 0 spiro atoms. The Morgan fingerprint density at radius 1 is 1.36 bits per heavy atom. The molecule has 0 fully saturated rings. The summed E-state index contributed by atoms with van der Waals surface area (Å²) >= 11 is 0. The zero-order chi connectivity index (χ0) is 16.3. The van der Waals surface area contributed by atoms with Gasteiger partial charge in [-0.15, -0.1) is 0 Å². The second-order valence-corrected chi connectivity index (χ2v) is 4.99. The van der Waals surface area contributed by atoms with Crippen molar-refractivity contribution < 1.29 is 19.1 Å². The summed E-state index contributed by atoms with van der Waals surface area (Å²) in [5, 5.41) is 12.1. The fraction of sp³-hybridized carbons (Fsp3) is 0.267. The van der Waals surface area contributed by atoms with E-state index in [4.69, 9.17) is 15.3 Å². The fourth-order valence-corrected chi connectivity index (χ4v) is 2.04. The minimum absolute atomic E-state index is 0.0106. The van der Waals surface area contributed by atoms with E-state index < -0.39 is 17.6 Å². The molecule has 0 aliphatic heterocycles. The maximum atomic E-state index is 11.8. The van der Waals surface area contributed by atoms with Gasteiger partial charge in [-0.1, -0.05) is 0 Å². The highest BCUT2D eigenvalue weighted by molar-refractivity contribution is 5.93. The van der Waals surface area contributed by atoms with Crippen LogP contribution in [0.25, 0.3) is 11.0 Å². The lowest BCUT2D eigenvalue weighted by molar-refractivity contribution is -0.138. The van der Waals surface area contributed by atoms with Gasteiger partial charge in [0.15, 0.2) is 0 Å². The molecule has 7 nitrogen and oxygen atoms in total. The van der Waals surface area contributed by atoms with E-state index in [1.165, 1.54) is 6.07 Å². The molecule has 1 aromatic heterocycles. The van der Waals surface area contributed by atoms with Gasteiger partial charge in [0, 0.05) is 29.6 Å². The Bertz CT molecular complexity index is 781. The van der Waals surface area contributed by atoms with E-state index in [2.05, 4.69) is 5.32 Å². The van der Waals surface area contributed by atoms with Crippen LogP contribution >= 0.6 is 0 Å². The number of nitrogens with one attached hydrogen (secondary N) is 1. The summed E-state index contributed by atoms with van der Waals surface area (Å²) in [7, 11) is 0. The molecule has 1 heterocycles. The van der Waals surface area contributed by atoms with Crippen molar-refractivity contribution in [2.75, 3.05) is 5.32 Å². The van der Waals surface area contributed by atoms with Crippen LogP contribution in [0.5, 0.6) is 0 Å². The van der Waals surface area contributed by atoms with Crippen molar-refractivity contribution in [1.82, 2.24) is 0 Å². The van der Waals surface area contributed by atoms with Gasteiger partial charge in [-0.3, -0.25) is 9.59 Å². The van der Waals surface area contributed by atoms with Crippen LogP contribution in [0.4, 0.5) is 5.69 Å². The molecule has 116 valence electrons. The average molecular weight is 304 g/mol. The van der Waals surface area contributed by atoms with Crippen molar-refractivity contribution in [3.8, 4) is 0 Å². The number of carboxylic acid groups (broad SMARTS) is 1. The van der Waals surface area contributed by atoms with E-state index in [0.717, 1.165) is 10.9 Å². The van der Waals surface area contributed by atoms with Crippen LogP contribution in [0.1, 0.15) is 18.4 Å². The van der Waals surface area contributed by atoms with E-state index in [-0.39, 0.29) is 18.7 Å². The summed E-state index contributed by atoms with van der Waals surface area (Å²) in [6, 6.07) is 5.31. The number of aliphatic carboxylic acids is 1. The lowest BCUT2D eigenvalue weighted by atomic mass is 10.1. The van der Waals surface area contributed by atoms with Gasteiger partial charge >= 0.3 is 11.6 Å². The highest BCUT2D eigenvalue weighted by Gasteiger charge is 2.13. The van der Waals surface area contributed by atoms with Crippen molar-refractivity contribution >= 4 is 28.5 Å². The summed E-state index contributed by atoms with van der Waals surface area (Å²) in [5.41, 5.74) is 6.51. The highest BCUT2D eigenvalue weighted by Crippen LogP contribution is 2.20. The molecular weight excluding hydrogens is 288 g/mol. The first-order chi connectivity index (χ1) is 10.4. The van der Waals surface area contributed by atoms with Gasteiger partial charge < -0.3 is 20.6 Å². The van der Waals surface area contributed by atoms with Crippen LogP contribution in [0.15, 0.2) is 33.5 Å². The van der Waals surface area contributed by atoms with Crippen LogP contribution in [-0.2, 0) is 9.59 Å². The molecule has 0 saturated carbocycles. The van der Waals surface area contributed by atoms with Crippen LogP contribution in [0, 0.1) is 6.92 Å². The number of nitrogens with two attached hydrogens (primary N) is 1. The third kappa shape index (κ3) is 3.70. The number of rotatable bonds is 5. The number of carboxylic acids is 1. The molecule has 0 aliphatic rings. The Morgan fingerprint density at radius 2 is 2.09 bits per heavy atom. The monoisotopic (exact) mass is 304 g/mol. The summed E-state index contributed by atoms with van der Waals surface area (Å²) in [6.07, 6.45) is 0.0339. The van der Waals surface area contributed by atoms with E-state index in [1.54, 1.807) is 25.1 Å². The number of carbonyl (C=O) groups is 2. The van der Waals surface area contributed by atoms with Gasteiger partial charge in [-0.05, 0) is 31.0 Å². The minimum Gasteiger partial charge on any atom is -0.480 e. The van der Waals surface area contributed by atoms with Gasteiger partial charge in [-0.2, -0.15) is 0 Å². The summed E-state index contributed by atoms with van der Waals surface area (Å²) in [6.45, 7) is 1.80. The summed E-state index contributed by atoms with van der Waals surface area (Å²) in [5.74, 6) is -1.50. The van der Waals surface area contributed by atoms with Crippen LogP contribution in [0.3, 0.4) is 0 Å². The zero-order valence-electron chi connectivity index (χ0n) is 12.0. The maximum Gasteiger partial charge on any atom is 0.336 e. The van der Waals surface area contributed by atoms with Crippen LogP contribution in [0.2, 0.25) is 0 Å². The molecular formula is C15H16N2O5. The van der Waals surface area contributed by atoms with Crippen LogP contribution in [-0.4, -0.2) is 23.0 Å². The van der Waals surface area contributed by atoms with Crippen molar-refractivity contribution in [3.05, 3.63) is 40.2 Å². The molecule has 2 aromatic rings. The van der Waals surface area contributed by atoms with Gasteiger partial charge in [0.2, 0.25) is 5.91 Å². The normalized spacial score (nSPS) is 12.1. The molecule has 0 bridgehead atoms. The molecule has 1 atom stereocenters. The second-order valence-electron chi connectivity index (χ2n) is 4.99. The van der Waals surface area contributed by atoms with Gasteiger partial charge in [-0.25, -0.2) is 4.79 Å². The minimum atomic E-state index is -1.14. The lowest BCUT2D eigenvalue weighted by Gasteiger charge is -2.08. The molecule has 1 aromatic carbocycles. The fourth-order valence-electron chi connectivity index (χ4n) is 2.04. The lowest BCUT2D eigenvalue weighted by Crippen LogP contribution is -2.31. The Hall–Kier alpha value is -2.67. The number of carbonyl (C=O) groups excluding carboxylic acids is 1. The van der Waals surface area contributed by atoms with E-state index >= 15 is 0 Å². The molecule has 0 aliphatic carbocycles. The average Bonchev–Trinajstić information content (AvgIpc) is 2.43. The highest BCUT2D eigenvalue weighted by atomic mass is 16.4. The van der Waals surface area contributed by atoms with Gasteiger partial charge in [0.25, 0.3) is 0 Å². The number of aryl methyl sites for hydroxylation is 1. The third-order valence-electron chi connectivity index (χ3n) is 3.23. The quantitative estimate of drug-likeness (QED) is 0.714. The SMILES string of the molecule is Cc1cc(=O)oc2cc(NC(=O)CC[C@H](N)C(=O)O)ccc12. The number of anilines is 1. The molecule has 0 unspecified atom stereocenters. The molecule has 0 radical (unpaired) electrons. The molecule has 22 heavy (non-hydrogen) atoms. The first kappa shape index (κ1) is 15.7. The Morgan fingerprint density at radius 3 is 2.77 bits per heavy atom. The summed E-state index contributed by atoms with van der Waals surface area (Å²) < 4.78 is 5.09. The molecule has 0 saturated heterocycles. The van der Waals surface area contributed by atoms with Crippen molar-refractivity contribution in [2.45, 2.75) is 25.8 Å². The molecule has 2 rings (SSSR count). The van der Waals surface area contributed by atoms with Crippen molar-refractivity contribution in [2.24, 2.45) is 5.73 Å². The van der Waals surface area contributed by atoms with Crippen molar-refractivity contribution in [3.63, 3.8) is 0 Å². The van der Waals surface area contributed by atoms with E-state index in [9.17, 15) is 14.4 Å². The smallest absolute Gasteiger partial charge is 0.336 e. The second kappa shape index (κ2) is 6.40. The molecule has 7 heteroatoms. The standard InChI is InChI=1S/C15H16N2O5/c1-8-6-14(19)22-12-7-9(2-3-10(8)12)17-13(18)5-4-11(16)15(20)21/h2-3,6-7,11H,4-5,16H2,1H3,(H,17,18)(H,20,21)/t11-/m0/s1. The van der Waals surface area contributed by atoms with Crippen molar-refractivity contribution in [1.29, 1.82) is 0 Å². The summed E-state index contributed by atoms with van der Waals surface area (Å²) in [4.78, 5) is 33.7. The Balaban J connectivity index is 2.10. The van der Waals surface area contributed by atoms with Gasteiger partial charge in [0.05, 0.1) is 0 Å². The number of fused-ring (bicyclic) bond motifs is 1. The third-order valence-corrected chi connectivity index (χ3v) is 3.23. The predicted octanol–water partition coefficient (Wildman–Crippen LogP) is 1.23. The number of benzene rings is 1. The topological polar surface area (TPSA) is 123 Å². The first-order valence-corrected chi connectivity index (χ1v) is 6.69. The number of hydrogen-bond acceptors (Lipinski definition) is 5. The zero-order valence-corrected chi connectivity index (χ0v) is 12.0. The van der Waals surface area contributed by atoms with E-state index in [0.29, 0.717) is 11.3 Å². The first-order valence-electron chi connectivity index (χ1n) is 6.69.